The van der Waals surface area contributed by atoms with Gasteiger partial charge in [-0.05, 0) is 23.8 Å². The fraction of sp³-hybridized carbons (Fsp3) is 0.286. The highest BCUT2D eigenvalue weighted by Gasteiger charge is 2.36. The highest BCUT2D eigenvalue weighted by atomic mass is 16.5. The van der Waals surface area contributed by atoms with Crippen LogP contribution in [0.5, 0.6) is 5.75 Å². The summed E-state index contributed by atoms with van der Waals surface area (Å²) in [7, 11) is 1.56. The van der Waals surface area contributed by atoms with Gasteiger partial charge in [0, 0.05) is 30.1 Å². The van der Waals surface area contributed by atoms with Gasteiger partial charge in [-0.3, -0.25) is 10.1 Å². The molecule has 2 aromatic rings. The Bertz CT molecular complexity index is 705. The third-order valence-electron chi connectivity index (χ3n) is 3.57. The summed E-state index contributed by atoms with van der Waals surface area (Å²) in [5, 5.41) is 13.1. The summed E-state index contributed by atoms with van der Waals surface area (Å²) in [5.41, 5.74) is 1.83. The van der Waals surface area contributed by atoms with E-state index in [1.165, 1.54) is 0 Å². The number of aromatic nitrogens is 1. The second-order valence-corrected chi connectivity index (χ2v) is 4.82. The summed E-state index contributed by atoms with van der Waals surface area (Å²) < 4.78 is 5.50. The number of phenols is 1. The molecular formula is C14H15N3O3. The van der Waals surface area contributed by atoms with Crippen LogP contribution in [0, 0.1) is 0 Å². The van der Waals surface area contributed by atoms with Gasteiger partial charge in [0.05, 0.1) is 0 Å². The van der Waals surface area contributed by atoms with E-state index in [9.17, 15) is 9.90 Å². The van der Waals surface area contributed by atoms with Crippen LogP contribution in [0.2, 0.25) is 0 Å². The molecule has 1 amide bonds. The van der Waals surface area contributed by atoms with Gasteiger partial charge in [0.15, 0.2) is 6.10 Å². The topological polar surface area (TPSA) is 86.7 Å². The van der Waals surface area contributed by atoms with Crippen LogP contribution >= 0.6 is 0 Å². The summed E-state index contributed by atoms with van der Waals surface area (Å²) in [6, 6.07) is 5.34. The Morgan fingerprint density at radius 3 is 2.95 bits per heavy atom. The van der Waals surface area contributed by atoms with Crippen molar-refractivity contribution in [2.24, 2.45) is 4.99 Å². The summed E-state index contributed by atoms with van der Waals surface area (Å²) in [6.07, 6.45) is 1.22. The van der Waals surface area contributed by atoms with Crippen LogP contribution in [0.4, 0.5) is 0 Å². The lowest BCUT2D eigenvalue weighted by Crippen LogP contribution is -2.28. The maximum atomic E-state index is 11.9. The molecule has 1 aliphatic rings. The predicted molar refractivity (Wildman–Crippen MR) is 74.8 cm³/mol. The predicted octanol–water partition coefficient (Wildman–Crippen LogP) is 1.48. The third kappa shape index (κ3) is 1.89. The molecule has 6 nitrogen and oxygen atoms in total. The molecule has 6 heteroatoms. The summed E-state index contributed by atoms with van der Waals surface area (Å²) in [4.78, 5) is 18.9. The highest BCUT2D eigenvalue weighted by Crippen LogP contribution is 2.32. The van der Waals surface area contributed by atoms with Crippen LogP contribution in [0.1, 0.15) is 18.4 Å². The van der Waals surface area contributed by atoms with E-state index in [1.807, 2.05) is 13.1 Å². The fourth-order valence-electron chi connectivity index (χ4n) is 2.49. The zero-order chi connectivity index (χ0) is 14.3. The number of rotatable bonds is 2. The number of nitrogens with one attached hydrogen (secondary N) is 2. The normalized spacial score (nSPS) is 22.0. The van der Waals surface area contributed by atoms with E-state index in [4.69, 9.17) is 4.74 Å². The van der Waals surface area contributed by atoms with Gasteiger partial charge in [-0.1, -0.05) is 6.92 Å². The van der Waals surface area contributed by atoms with Crippen molar-refractivity contribution in [1.82, 2.24) is 10.3 Å². The maximum absolute atomic E-state index is 11.9. The Balaban J connectivity index is 1.99. The molecule has 2 atom stereocenters. The minimum atomic E-state index is -0.616. The first-order valence-corrected chi connectivity index (χ1v) is 6.34. The number of aliphatic imine (C=N–C) groups is 1. The number of amides is 1. The number of amidine groups is 1. The highest BCUT2D eigenvalue weighted by molar-refractivity contribution is 6.02. The monoisotopic (exact) mass is 273 g/mol. The molecule has 1 fully saturated rings. The molecule has 104 valence electrons. The number of hydrogen-bond acceptors (Lipinski definition) is 4. The number of H-pyrrole nitrogens is 1. The number of aromatic amines is 1. The van der Waals surface area contributed by atoms with Gasteiger partial charge >= 0.3 is 0 Å². The van der Waals surface area contributed by atoms with E-state index in [0.29, 0.717) is 0 Å². The molecule has 1 aliphatic heterocycles. The number of carbonyl (C=O) groups excluding carboxylic acids is 1. The zero-order valence-electron chi connectivity index (χ0n) is 11.2. The van der Waals surface area contributed by atoms with Crippen molar-refractivity contribution in [3.8, 4) is 5.75 Å². The minimum Gasteiger partial charge on any atom is -0.508 e. The summed E-state index contributed by atoms with van der Waals surface area (Å²) in [6.45, 7) is 1.91. The molecular weight excluding hydrogens is 258 g/mol. The first kappa shape index (κ1) is 12.5. The fourth-order valence-corrected chi connectivity index (χ4v) is 2.49. The molecule has 0 saturated carbocycles. The Hall–Kier alpha value is -2.50. The van der Waals surface area contributed by atoms with Crippen LogP contribution in [-0.4, -0.2) is 35.2 Å². The van der Waals surface area contributed by atoms with E-state index >= 15 is 0 Å². The maximum Gasteiger partial charge on any atom is 0.292 e. The number of hydrogen-bond donors (Lipinski definition) is 3. The van der Waals surface area contributed by atoms with E-state index in [-0.39, 0.29) is 23.6 Å². The average molecular weight is 273 g/mol. The third-order valence-corrected chi connectivity index (χ3v) is 3.57. The Morgan fingerprint density at radius 2 is 2.25 bits per heavy atom. The number of benzene rings is 1. The molecule has 0 bridgehead atoms. The molecule has 20 heavy (non-hydrogen) atoms. The van der Waals surface area contributed by atoms with Crippen molar-refractivity contribution in [1.29, 1.82) is 0 Å². The molecule has 0 aliphatic carbocycles. The quantitative estimate of drug-likeness (QED) is 0.774. The van der Waals surface area contributed by atoms with Gasteiger partial charge in [0.1, 0.15) is 5.75 Å². The van der Waals surface area contributed by atoms with Crippen molar-refractivity contribution in [3.63, 3.8) is 0 Å². The van der Waals surface area contributed by atoms with Crippen LogP contribution < -0.4 is 5.32 Å². The standard InChI is InChI=1S/C14H15N3O3/c1-7(12-13(19)17-14(15-2)20-12)10-6-16-11-4-3-8(18)5-9(10)11/h3-7,12,16,18H,1-2H3,(H,15,17,19). The van der Waals surface area contributed by atoms with Gasteiger partial charge in [0.2, 0.25) is 0 Å². The average Bonchev–Trinajstić information content (AvgIpc) is 3.01. The van der Waals surface area contributed by atoms with Crippen molar-refractivity contribution >= 4 is 22.8 Å². The van der Waals surface area contributed by atoms with E-state index in [1.54, 1.807) is 25.2 Å². The lowest BCUT2D eigenvalue weighted by Gasteiger charge is -2.15. The van der Waals surface area contributed by atoms with Crippen molar-refractivity contribution in [3.05, 3.63) is 30.0 Å². The number of nitrogens with zero attached hydrogens (tertiary/aromatic N) is 1. The second kappa shape index (κ2) is 4.56. The largest absolute Gasteiger partial charge is 0.508 e. The molecule has 0 spiro atoms. The number of aromatic hydroxyl groups is 1. The number of phenolic OH excluding ortho intramolecular Hbond substituents is 1. The smallest absolute Gasteiger partial charge is 0.292 e. The van der Waals surface area contributed by atoms with Crippen LogP contribution in [0.3, 0.4) is 0 Å². The van der Waals surface area contributed by atoms with Gasteiger partial charge in [-0.15, -0.1) is 0 Å². The molecule has 3 N–H and O–H groups in total. The van der Waals surface area contributed by atoms with Gasteiger partial charge in [-0.2, -0.15) is 0 Å². The van der Waals surface area contributed by atoms with Crippen molar-refractivity contribution in [2.75, 3.05) is 7.05 Å². The zero-order valence-corrected chi connectivity index (χ0v) is 11.2. The first-order chi connectivity index (χ1) is 9.60. The van der Waals surface area contributed by atoms with Gasteiger partial charge < -0.3 is 14.8 Å². The van der Waals surface area contributed by atoms with Gasteiger partial charge in [0.25, 0.3) is 11.9 Å². The molecule has 1 aromatic heterocycles. The number of fused-ring (bicyclic) bond motifs is 1. The Labute approximate surface area is 115 Å². The summed E-state index contributed by atoms with van der Waals surface area (Å²) >= 11 is 0. The SMILES string of the molecule is CN=C1NC(=O)C(C(C)c2c[nH]c3ccc(O)cc23)O1. The molecule has 2 heterocycles. The minimum absolute atomic E-state index is 0.162. The summed E-state index contributed by atoms with van der Waals surface area (Å²) in [5.74, 6) is -0.171. The molecule has 1 aromatic carbocycles. The van der Waals surface area contributed by atoms with E-state index in [2.05, 4.69) is 15.3 Å². The first-order valence-electron chi connectivity index (χ1n) is 6.34. The van der Waals surface area contributed by atoms with Crippen LogP contribution in [0.15, 0.2) is 29.4 Å². The van der Waals surface area contributed by atoms with Crippen LogP contribution in [0.25, 0.3) is 10.9 Å². The molecule has 1 saturated heterocycles. The Kier molecular flexibility index (Phi) is 2.85. The lowest BCUT2D eigenvalue weighted by molar-refractivity contribution is -0.124. The molecule has 0 radical (unpaired) electrons. The van der Waals surface area contributed by atoms with Crippen molar-refractivity contribution < 1.29 is 14.6 Å². The second-order valence-electron chi connectivity index (χ2n) is 4.82. The van der Waals surface area contributed by atoms with Gasteiger partial charge in [-0.25, -0.2) is 4.99 Å². The van der Waals surface area contributed by atoms with E-state index < -0.39 is 6.10 Å². The number of ether oxygens (including phenoxy) is 1. The number of carbonyl (C=O) groups is 1. The lowest BCUT2D eigenvalue weighted by atomic mass is 9.94. The van der Waals surface area contributed by atoms with Crippen LogP contribution in [-0.2, 0) is 9.53 Å². The van der Waals surface area contributed by atoms with E-state index in [0.717, 1.165) is 16.5 Å². The molecule has 3 rings (SSSR count). The molecule has 2 unspecified atom stereocenters. The Morgan fingerprint density at radius 1 is 1.45 bits per heavy atom. The van der Waals surface area contributed by atoms with Crippen molar-refractivity contribution in [2.45, 2.75) is 18.9 Å².